The van der Waals surface area contributed by atoms with Crippen molar-refractivity contribution in [1.82, 2.24) is 14.9 Å². The topological polar surface area (TPSA) is 78.5 Å². The molecule has 2 unspecified atom stereocenters. The smallest absolute Gasteiger partial charge is 0.315 e. The van der Waals surface area contributed by atoms with Crippen molar-refractivity contribution >= 4 is 16.1 Å². The summed E-state index contributed by atoms with van der Waals surface area (Å²) in [5.74, 6) is 0. The minimum absolute atomic E-state index is 0.0451. The number of urea groups is 1. The Morgan fingerprint density at radius 3 is 2.05 bits per heavy atom. The van der Waals surface area contributed by atoms with E-state index in [0.29, 0.717) is 12.8 Å². The Labute approximate surface area is 121 Å². The average Bonchev–Trinajstić information content (AvgIpc) is 2.48. The fourth-order valence-corrected chi connectivity index (χ4v) is 4.82. The van der Waals surface area contributed by atoms with Gasteiger partial charge in [0.15, 0.2) is 0 Å². The van der Waals surface area contributed by atoms with Crippen LogP contribution in [0.2, 0.25) is 0 Å². The van der Waals surface area contributed by atoms with Crippen LogP contribution in [0.5, 0.6) is 0 Å². The van der Waals surface area contributed by atoms with Crippen molar-refractivity contribution in [3.63, 3.8) is 0 Å². The third-order valence-corrected chi connectivity index (χ3v) is 5.23. The Bertz CT molecular complexity index is 470. The number of piperidine rings is 1. The van der Waals surface area contributed by atoms with Gasteiger partial charge in [-0.05, 0) is 46.5 Å². The molecule has 2 rings (SSSR count). The van der Waals surface area contributed by atoms with Gasteiger partial charge in [0, 0.05) is 23.7 Å². The van der Waals surface area contributed by atoms with Crippen LogP contribution in [0.4, 0.5) is 4.79 Å². The molecule has 2 aliphatic rings. The fraction of sp³-hybridized carbons (Fsp3) is 0.923. The van der Waals surface area contributed by atoms with E-state index in [0.717, 1.165) is 12.8 Å². The summed E-state index contributed by atoms with van der Waals surface area (Å²) < 4.78 is 25.2. The number of carbonyl (C=O) groups is 1. The van der Waals surface area contributed by atoms with Crippen molar-refractivity contribution in [1.29, 1.82) is 0 Å². The van der Waals surface area contributed by atoms with Gasteiger partial charge in [-0.15, -0.1) is 0 Å². The van der Waals surface area contributed by atoms with Crippen molar-refractivity contribution in [3.05, 3.63) is 0 Å². The van der Waals surface area contributed by atoms with Crippen LogP contribution in [0.3, 0.4) is 0 Å². The highest BCUT2D eigenvalue weighted by Crippen LogP contribution is 2.37. The minimum atomic E-state index is -3.14. The summed E-state index contributed by atoms with van der Waals surface area (Å²) in [6.07, 6.45) is 4.49. The van der Waals surface area contributed by atoms with E-state index in [1.807, 2.05) is 20.8 Å². The molecule has 2 atom stereocenters. The number of carbonyl (C=O) groups excluding carboxylic acids is 1. The molecule has 0 aromatic heterocycles. The van der Waals surface area contributed by atoms with Gasteiger partial charge in [0.05, 0.1) is 6.26 Å². The standard InChI is InChI=1S/C13H25N3O3S/c1-13(2,3)15-12(17)14-9-7-10-5-6-11(8-9)16(10)20(4,18)19/h9-11H,5-8H2,1-4H3,(H2,14,15,17). The Kier molecular flexibility index (Phi) is 4.03. The highest BCUT2D eigenvalue weighted by Gasteiger charge is 2.45. The number of fused-ring (bicyclic) bond motifs is 2. The van der Waals surface area contributed by atoms with E-state index < -0.39 is 10.0 Å². The van der Waals surface area contributed by atoms with Gasteiger partial charge in [-0.25, -0.2) is 13.2 Å². The second-order valence-corrected chi connectivity index (χ2v) is 8.88. The van der Waals surface area contributed by atoms with Crippen LogP contribution in [0.25, 0.3) is 0 Å². The van der Waals surface area contributed by atoms with Gasteiger partial charge in [0.25, 0.3) is 0 Å². The summed E-state index contributed by atoms with van der Waals surface area (Å²) in [4.78, 5) is 11.9. The van der Waals surface area contributed by atoms with E-state index in [2.05, 4.69) is 10.6 Å². The first-order valence-electron chi connectivity index (χ1n) is 7.13. The second kappa shape index (κ2) is 5.18. The number of sulfonamides is 1. The summed E-state index contributed by atoms with van der Waals surface area (Å²) in [7, 11) is -3.14. The molecule has 2 aliphatic heterocycles. The van der Waals surface area contributed by atoms with Crippen molar-refractivity contribution in [2.45, 2.75) is 70.1 Å². The Morgan fingerprint density at radius 2 is 1.65 bits per heavy atom. The number of hydrogen-bond acceptors (Lipinski definition) is 3. The summed E-state index contributed by atoms with van der Waals surface area (Å²) in [6.45, 7) is 5.80. The number of nitrogens with one attached hydrogen (secondary N) is 2. The Hall–Kier alpha value is -0.820. The number of rotatable bonds is 2. The van der Waals surface area contributed by atoms with Gasteiger partial charge in [-0.3, -0.25) is 0 Å². The first-order chi connectivity index (χ1) is 9.06. The number of hydrogen-bond donors (Lipinski definition) is 2. The van der Waals surface area contributed by atoms with Gasteiger partial charge >= 0.3 is 6.03 Å². The zero-order valence-electron chi connectivity index (χ0n) is 12.6. The molecular weight excluding hydrogens is 278 g/mol. The van der Waals surface area contributed by atoms with E-state index in [1.54, 1.807) is 4.31 Å². The van der Waals surface area contributed by atoms with E-state index in [-0.39, 0.29) is 29.7 Å². The highest BCUT2D eigenvalue weighted by atomic mass is 32.2. The second-order valence-electron chi connectivity index (χ2n) is 6.99. The molecule has 0 radical (unpaired) electrons. The summed E-state index contributed by atoms with van der Waals surface area (Å²) >= 11 is 0. The molecule has 0 saturated carbocycles. The zero-order chi connectivity index (χ0) is 15.1. The summed E-state index contributed by atoms with van der Waals surface area (Å²) in [5, 5.41) is 5.85. The van der Waals surface area contributed by atoms with Crippen molar-refractivity contribution in [2.75, 3.05) is 6.26 Å². The Morgan fingerprint density at radius 1 is 1.15 bits per heavy atom. The summed E-state index contributed by atoms with van der Waals surface area (Å²) in [5.41, 5.74) is -0.267. The molecule has 2 heterocycles. The van der Waals surface area contributed by atoms with E-state index in [9.17, 15) is 13.2 Å². The van der Waals surface area contributed by atoms with Crippen LogP contribution in [-0.2, 0) is 10.0 Å². The lowest BCUT2D eigenvalue weighted by atomic mass is 10.00. The normalized spacial score (nSPS) is 31.1. The number of nitrogens with zero attached hydrogens (tertiary/aromatic N) is 1. The molecule has 2 saturated heterocycles. The van der Waals surface area contributed by atoms with Crippen LogP contribution >= 0.6 is 0 Å². The SMILES string of the molecule is CC(C)(C)NC(=O)NC1CC2CCC(C1)N2S(C)(=O)=O. The van der Waals surface area contributed by atoms with Crippen LogP contribution in [0, 0.1) is 0 Å². The third-order valence-electron chi connectivity index (χ3n) is 3.87. The van der Waals surface area contributed by atoms with Crippen LogP contribution in [0.1, 0.15) is 46.5 Å². The van der Waals surface area contributed by atoms with E-state index in [4.69, 9.17) is 0 Å². The monoisotopic (exact) mass is 303 g/mol. The molecule has 2 amide bonds. The maximum Gasteiger partial charge on any atom is 0.315 e. The molecule has 0 aliphatic carbocycles. The largest absolute Gasteiger partial charge is 0.335 e. The van der Waals surface area contributed by atoms with Crippen molar-refractivity contribution in [3.8, 4) is 0 Å². The first-order valence-corrected chi connectivity index (χ1v) is 8.98. The van der Waals surface area contributed by atoms with Gasteiger partial charge in [0.2, 0.25) is 10.0 Å². The zero-order valence-corrected chi connectivity index (χ0v) is 13.5. The molecular formula is C13H25N3O3S. The molecule has 6 nitrogen and oxygen atoms in total. The van der Waals surface area contributed by atoms with E-state index >= 15 is 0 Å². The third kappa shape index (κ3) is 3.63. The first kappa shape index (κ1) is 15.6. The lowest BCUT2D eigenvalue weighted by Crippen LogP contribution is -2.55. The quantitative estimate of drug-likeness (QED) is 0.800. The average molecular weight is 303 g/mol. The molecule has 7 heteroatoms. The number of amides is 2. The molecule has 0 aromatic rings. The molecule has 2 bridgehead atoms. The Balaban J connectivity index is 1.95. The minimum Gasteiger partial charge on any atom is -0.335 e. The molecule has 20 heavy (non-hydrogen) atoms. The summed E-state index contributed by atoms with van der Waals surface area (Å²) in [6, 6.07) is -0.0186. The van der Waals surface area contributed by atoms with Crippen LogP contribution < -0.4 is 10.6 Å². The predicted molar refractivity (Wildman–Crippen MR) is 77.9 cm³/mol. The van der Waals surface area contributed by atoms with Gasteiger partial charge < -0.3 is 10.6 Å². The lowest BCUT2D eigenvalue weighted by molar-refractivity contribution is 0.195. The molecule has 2 fully saturated rings. The van der Waals surface area contributed by atoms with Crippen LogP contribution in [0.15, 0.2) is 0 Å². The maximum atomic E-state index is 11.9. The molecule has 2 N–H and O–H groups in total. The molecule has 116 valence electrons. The van der Waals surface area contributed by atoms with Gasteiger partial charge in [-0.2, -0.15) is 4.31 Å². The predicted octanol–water partition coefficient (Wildman–Crippen LogP) is 1.04. The van der Waals surface area contributed by atoms with Crippen molar-refractivity contribution < 1.29 is 13.2 Å². The molecule has 0 aromatic carbocycles. The fourth-order valence-electron chi connectivity index (χ4n) is 3.36. The molecule has 0 spiro atoms. The lowest BCUT2D eigenvalue weighted by Gasteiger charge is -2.37. The highest BCUT2D eigenvalue weighted by molar-refractivity contribution is 7.88. The van der Waals surface area contributed by atoms with Crippen LogP contribution in [-0.4, -0.2) is 48.7 Å². The van der Waals surface area contributed by atoms with E-state index in [1.165, 1.54) is 6.26 Å². The van der Waals surface area contributed by atoms with Crippen molar-refractivity contribution in [2.24, 2.45) is 0 Å². The van der Waals surface area contributed by atoms with Gasteiger partial charge in [-0.1, -0.05) is 0 Å². The van der Waals surface area contributed by atoms with Gasteiger partial charge in [0.1, 0.15) is 0 Å². The maximum absolute atomic E-state index is 11.9.